The van der Waals surface area contributed by atoms with Crippen LogP contribution in [0.4, 0.5) is 0 Å². The largest absolute Gasteiger partial charge is 0.481 e. The lowest BCUT2D eigenvalue weighted by Gasteiger charge is -2.28. The Hall–Kier alpha value is -5.57. The molecular formula is C38H59N11O13S3. The lowest BCUT2D eigenvalue weighted by Crippen LogP contribution is -2.61. The van der Waals surface area contributed by atoms with Gasteiger partial charge >= 0.3 is 11.9 Å². The van der Waals surface area contributed by atoms with Crippen LogP contribution in [0.1, 0.15) is 65.5 Å². The second kappa shape index (κ2) is 27.7. The Kier molecular flexibility index (Phi) is 23.7. The standard InChI is InChI=1S/C38H59N11O13S3/c1-17(2)7-21-33(57)43-20(5-6-29(51)52)32(56)47-26(14-64)37(61)49-27(15-65)38(62)48-25(13-63)36(60)46-23(9-19-11-39-16-41-19)31(55)40-12-28(50)42-24(10-30(53)54)35(59)45-22(8-18(3)4)34(58)44-21/h11,16-18,20-27,63-65H,5-10,12-15H2,1-4H3,(H,39,41)(H,40,55)(H,42,50)(H,43,57)(H,44,58)(H,45,59)(H,46,60)(H,47,56)(H,48,62)(H,49,61)(H,51,52)(H,53,54)/t20-,21-,22-,23-,24-,25-,26-,27-/m0/s1. The number of imidazole rings is 1. The molecule has 24 nitrogen and oxygen atoms in total. The van der Waals surface area contributed by atoms with Crippen molar-refractivity contribution in [3.8, 4) is 0 Å². The molecule has 2 heterocycles. The number of aromatic nitrogens is 2. The summed E-state index contributed by atoms with van der Waals surface area (Å²) in [7, 11) is 0. The van der Waals surface area contributed by atoms with E-state index in [0.717, 1.165) is 0 Å². The van der Waals surface area contributed by atoms with Gasteiger partial charge in [-0.15, -0.1) is 0 Å². The Bertz CT molecular complexity index is 1870. The number of carboxylic acids is 2. The van der Waals surface area contributed by atoms with Gasteiger partial charge in [0.15, 0.2) is 0 Å². The van der Waals surface area contributed by atoms with Gasteiger partial charge < -0.3 is 63.0 Å². The fourth-order valence-corrected chi connectivity index (χ4v) is 6.95. The number of H-pyrrole nitrogens is 1. The zero-order valence-electron chi connectivity index (χ0n) is 36.2. The Balaban J connectivity index is 2.65. The van der Waals surface area contributed by atoms with Crippen LogP contribution in [0, 0.1) is 11.8 Å². The van der Waals surface area contributed by atoms with Crippen molar-refractivity contribution in [3.63, 3.8) is 0 Å². The molecule has 1 saturated heterocycles. The number of hydrogen-bond donors (Lipinski definition) is 15. The summed E-state index contributed by atoms with van der Waals surface area (Å²) in [6, 6.07) is -11.9. The molecule has 1 fully saturated rings. The molecule has 65 heavy (non-hydrogen) atoms. The molecule has 1 aromatic rings. The molecular weight excluding hydrogens is 915 g/mol. The third kappa shape index (κ3) is 19.6. The Labute approximate surface area is 390 Å². The highest BCUT2D eigenvalue weighted by Crippen LogP contribution is 2.12. The van der Waals surface area contributed by atoms with Gasteiger partial charge in [0.25, 0.3) is 0 Å². The molecule has 0 bridgehead atoms. The minimum absolute atomic E-state index is 0.0244. The molecule has 12 N–H and O–H groups in total. The fourth-order valence-electron chi connectivity index (χ4n) is 6.18. The van der Waals surface area contributed by atoms with Crippen LogP contribution >= 0.6 is 37.9 Å². The quantitative estimate of drug-likeness (QED) is 0.0796. The number of amides is 9. The van der Waals surface area contributed by atoms with Crippen molar-refractivity contribution < 1.29 is 63.0 Å². The van der Waals surface area contributed by atoms with Gasteiger partial charge in [0, 0.05) is 42.0 Å². The Morgan fingerprint density at radius 2 is 0.969 bits per heavy atom. The van der Waals surface area contributed by atoms with Crippen molar-refractivity contribution in [1.29, 1.82) is 0 Å². The lowest BCUT2D eigenvalue weighted by atomic mass is 9.99. The SMILES string of the molecule is CC(C)C[C@@H]1NC(=O)[C@H](CC(=O)O)NC(=O)CNC(=O)[C@H](Cc2cnc[nH]2)NC(=O)[C@H](CS)NC(=O)[C@H](CS)NC(=O)[C@H](CS)NC(=O)[C@H](CCC(=O)O)NC(=O)[C@H](CC(C)C)NC1=O. The summed E-state index contributed by atoms with van der Waals surface area (Å²) in [6.07, 6.45) is 0.335. The van der Waals surface area contributed by atoms with Gasteiger partial charge in [-0.1, -0.05) is 27.7 Å². The first kappa shape index (κ1) is 55.6. The number of hydrogen-bond acceptors (Lipinski definition) is 15. The van der Waals surface area contributed by atoms with Crippen molar-refractivity contribution in [2.75, 3.05) is 23.8 Å². The van der Waals surface area contributed by atoms with E-state index < -0.39 is 139 Å². The highest BCUT2D eigenvalue weighted by atomic mass is 32.1. The summed E-state index contributed by atoms with van der Waals surface area (Å²) >= 11 is 12.5. The average Bonchev–Trinajstić information content (AvgIpc) is 3.75. The van der Waals surface area contributed by atoms with E-state index in [1.165, 1.54) is 12.5 Å². The Morgan fingerprint density at radius 3 is 1.37 bits per heavy atom. The molecule has 0 radical (unpaired) electrons. The van der Waals surface area contributed by atoms with Gasteiger partial charge in [-0.05, 0) is 31.1 Å². The van der Waals surface area contributed by atoms with E-state index in [2.05, 4.69) is 95.7 Å². The molecule has 1 aromatic heterocycles. The Morgan fingerprint density at radius 1 is 0.569 bits per heavy atom. The maximum absolute atomic E-state index is 13.9. The number of nitrogens with zero attached hydrogens (tertiary/aromatic N) is 1. The number of nitrogens with one attached hydrogen (secondary N) is 10. The van der Waals surface area contributed by atoms with Crippen LogP contribution in [0.15, 0.2) is 12.5 Å². The molecule has 362 valence electrons. The number of carboxylic acid groups (broad SMARTS) is 2. The van der Waals surface area contributed by atoms with E-state index >= 15 is 0 Å². The third-order valence-electron chi connectivity index (χ3n) is 9.47. The van der Waals surface area contributed by atoms with Crippen LogP contribution in [0.3, 0.4) is 0 Å². The van der Waals surface area contributed by atoms with Crippen molar-refractivity contribution in [3.05, 3.63) is 18.2 Å². The van der Waals surface area contributed by atoms with Gasteiger partial charge in [-0.25, -0.2) is 4.98 Å². The van der Waals surface area contributed by atoms with Crippen molar-refractivity contribution in [2.24, 2.45) is 11.8 Å². The second-order valence-electron chi connectivity index (χ2n) is 15.9. The summed E-state index contributed by atoms with van der Waals surface area (Å²) in [6.45, 7) is 6.05. The first-order valence-corrected chi connectivity index (χ1v) is 22.4. The first-order chi connectivity index (χ1) is 30.6. The number of rotatable bonds is 14. The van der Waals surface area contributed by atoms with Gasteiger partial charge in [-0.2, -0.15) is 37.9 Å². The minimum atomic E-state index is -1.78. The average molecular weight is 974 g/mol. The van der Waals surface area contributed by atoms with E-state index in [1.54, 1.807) is 27.7 Å². The summed E-state index contributed by atoms with van der Waals surface area (Å²) in [5.74, 6) is -13.1. The molecule has 2 rings (SSSR count). The molecule has 1 aliphatic rings. The fraction of sp³-hybridized carbons (Fsp3) is 0.632. The number of aliphatic carboxylic acids is 2. The molecule has 0 aliphatic carbocycles. The smallest absolute Gasteiger partial charge is 0.305 e. The zero-order chi connectivity index (χ0) is 49.0. The topological polar surface area (TPSA) is 365 Å². The third-order valence-corrected chi connectivity index (χ3v) is 10.6. The molecule has 1 aliphatic heterocycles. The summed E-state index contributed by atoms with van der Waals surface area (Å²) < 4.78 is 0. The highest BCUT2D eigenvalue weighted by Gasteiger charge is 2.35. The molecule has 9 amide bonds. The van der Waals surface area contributed by atoms with Gasteiger partial charge in [0.2, 0.25) is 53.2 Å². The summed E-state index contributed by atoms with van der Waals surface area (Å²) in [4.78, 5) is 152. The molecule has 0 aromatic carbocycles. The van der Waals surface area contributed by atoms with Crippen LogP contribution in [0.25, 0.3) is 0 Å². The van der Waals surface area contributed by atoms with E-state index in [1.807, 2.05) is 0 Å². The van der Waals surface area contributed by atoms with Crippen molar-refractivity contribution in [1.82, 2.24) is 57.8 Å². The minimum Gasteiger partial charge on any atom is -0.481 e. The lowest BCUT2D eigenvalue weighted by molar-refractivity contribution is -0.141. The number of carbonyl (C=O) groups is 11. The number of aromatic amines is 1. The molecule has 27 heteroatoms. The molecule has 0 spiro atoms. The normalized spacial score (nSPS) is 25.4. The number of carbonyl (C=O) groups excluding carboxylic acids is 9. The monoisotopic (exact) mass is 973 g/mol. The van der Waals surface area contributed by atoms with Crippen molar-refractivity contribution in [2.45, 2.75) is 115 Å². The maximum atomic E-state index is 13.9. The van der Waals surface area contributed by atoms with Gasteiger partial charge in [0.05, 0.1) is 19.3 Å². The molecule has 0 unspecified atom stereocenters. The predicted molar refractivity (Wildman–Crippen MR) is 240 cm³/mol. The van der Waals surface area contributed by atoms with E-state index in [-0.39, 0.29) is 48.4 Å². The van der Waals surface area contributed by atoms with Gasteiger partial charge in [0.1, 0.15) is 48.3 Å². The summed E-state index contributed by atoms with van der Waals surface area (Å²) in [5.41, 5.74) is 0.363. The summed E-state index contributed by atoms with van der Waals surface area (Å²) in [5, 5.41) is 40.7. The second-order valence-corrected chi connectivity index (χ2v) is 17.0. The zero-order valence-corrected chi connectivity index (χ0v) is 38.9. The number of thiol groups is 3. The predicted octanol–water partition coefficient (Wildman–Crippen LogP) is -3.82. The van der Waals surface area contributed by atoms with E-state index in [9.17, 15) is 63.0 Å². The molecule has 0 saturated carbocycles. The van der Waals surface area contributed by atoms with Gasteiger partial charge in [-0.3, -0.25) is 52.7 Å². The van der Waals surface area contributed by atoms with Crippen molar-refractivity contribution >= 4 is 103 Å². The van der Waals surface area contributed by atoms with E-state index in [0.29, 0.717) is 5.69 Å². The highest BCUT2D eigenvalue weighted by molar-refractivity contribution is 7.80. The van der Waals surface area contributed by atoms with Crippen LogP contribution in [0.5, 0.6) is 0 Å². The van der Waals surface area contributed by atoms with Crippen LogP contribution in [-0.4, -0.2) is 157 Å². The van der Waals surface area contributed by atoms with E-state index in [4.69, 9.17) is 0 Å². The molecule has 8 atom stereocenters. The van der Waals surface area contributed by atoms with Crippen LogP contribution in [-0.2, 0) is 59.2 Å². The van der Waals surface area contributed by atoms with Crippen LogP contribution in [0.2, 0.25) is 0 Å². The maximum Gasteiger partial charge on any atom is 0.305 e. The van der Waals surface area contributed by atoms with Crippen LogP contribution < -0.4 is 47.9 Å². The first-order valence-electron chi connectivity index (χ1n) is 20.5.